The second-order valence-electron chi connectivity index (χ2n) is 3.34. The van der Waals surface area contributed by atoms with Gasteiger partial charge in [-0.05, 0) is 0 Å². The summed E-state index contributed by atoms with van der Waals surface area (Å²) in [6.45, 7) is 9.03. The molecule has 0 N–H and O–H groups in total. The van der Waals surface area contributed by atoms with E-state index < -0.39 is 0 Å². The SMILES string of the molecule is CC1=C(C)[CH]([Na])C(C)=C1C. The molecule has 0 unspecified atom stereocenters. The van der Waals surface area contributed by atoms with Crippen LogP contribution in [-0.4, -0.2) is 27.9 Å². The summed E-state index contributed by atoms with van der Waals surface area (Å²) in [6, 6.07) is 0. The molecule has 0 nitrogen and oxygen atoms in total. The zero-order chi connectivity index (χ0) is 7.89. The topological polar surface area (TPSA) is 0 Å². The molecule has 0 heterocycles. The third kappa shape index (κ3) is 1.13. The van der Waals surface area contributed by atoms with Gasteiger partial charge < -0.3 is 0 Å². The van der Waals surface area contributed by atoms with Crippen molar-refractivity contribution in [3.8, 4) is 0 Å². The molecule has 0 aromatic heterocycles. The minimum absolute atomic E-state index is 0.833. The van der Waals surface area contributed by atoms with Gasteiger partial charge in [-0.1, -0.05) is 0 Å². The molecule has 1 heteroatoms. The van der Waals surface area contributed by atoms with Crippen LogP contribution in [0, 0.1) is 0 Å². The summed E-state index contributed by atoms with van der Waals surface area (Å²) in [5.41, 5.74) is 6.30. The molecule has 0 aliphatic heterocycles. The predicted octanol–water partition coefficient (Wildman–Crippen LogP) is 2.63. The Morgan fingerprint density at radius 1 is 0.900 bits per heavy atom. The summed E-state index contributed by atoms with van der Waals surface area (Å²) < 4.78 is 0.833. The fourth-order valence-corrected chi connectivity index (χ4v) is 2.43. The molecule has 1 aliphatic carbocycles. The molecule has 0 radical (unpaired) electrons. The fourth-order valence-electron chi connectivity index (χ4n) is 1.57. The van der Waals surface area contributed by atoms with E-state index in [1.54, 1.807) is 11.1 Å². The van der Waals surface area contributed by atoms with E-state index in [0.717, 1.165) is 3.17 Å². The van der Waals surface area contributed by atoms with Crippen molar-refractivity contribution in [2.75, 3.05) is 0 Å². The van der Waals surface area contributed by atoms with Crippen LogP contribution in [0.15, 0.2) is 22.3 Å². The molecule has 10 heavy (non-hydrogen) atoms. The summed E-state index contributed by atoms with van der Waals surface area (Å²) in [5, 5.41) is 0. The molecule has 1 rings (SSSR count). The van der Waals surface area contributed by atoms with Gasteiger partial charge in [0.25, 0.3) is 0 Å². The molecule has 0 fully saturated rings. The van der Waals surface area contributed by atoms with Crippen LogP contribution in [0.1, 0.15) is 27.7 Å². The first kappa shape index (κ1) is 8.58. The van der Waals surface area contributed by atoms with E-state index in [1.165, 1.54) is 39.1 Å². The van der Waals surface area contributed by atoms with Gasteiger partial charge >= 0.3 is 81.1 Å². The number of allylic oxidation sites excluding steroid dienone is 4. The van der Waals surface area contributed by atoms with Gasteiger partial charge in [-0.25, -0.2) is 0 Å². The van der Waals surface area contributed by atoms with Crippen LogP contribution in [0.5, 0.6) is 0 Å². The maximum absolute atomic E-state index is 2.27. The molecule has 0 atom stereocenters. The zero-order valence-corrected chi connectivity index (χ0v) is 9.58. The average Bonchev–Trinajstić information content (AvgIpc) is 2.07. The van der Waals surface area contributed by atoms with Gasteiger partial charge in [0.2, 0.25) is 0 Å². The van der Waals surface area contributed by atoms with Crippen molar-refractivity contribution in [3.05, 3.63) is 22.3 Å². The van der Waals surface area contributed by atoms with Gasteiger partial charge in [0.1, 0.15) is 0 Å². The molecule has 1 aliphatic rings. The van der Waals surface area contributed by atoms with Gasteiger partial charge in [0, 0.05) is 0 Å². The van der Waals surface area contributed by atoms with Crippen LogP contribution < -0.4 is 0 Å². The van der Waals surface area contributed by atoms with E-state index in [9.17, 15) is 0 Å². The summed E-state index contributed by atoms with van der Waals surface area (Å²) in [6.07, 6.45) is 0. The van der Waals surface area contributed by atoms with Crippen molar-refractivity contribution in [2.24, 2.45) is 0 Å². The van der Waals surface area contributed by atoms with Gasteiger partial charge in [-0.2, -0.15) is 0 Å². The van der Waals surface area contributed by atoms with Crippen molar-refractivity contribution in [1.29, 1.82) is 0 Å². The average molecular weight is 144 g/mol. The van der Waals surface area contributed by atoms with E-state index in [1.807, 2.05) is 0 Å². The first-order valence-electron chi connectivity index (χ1n) is 3.90. The maximum atomic E-state index is 2.27. The summed E-state index contributed by atoms with van der Waals surface area (Å²) in [4.78, 5) is 0. The van der Waals surface area contributed by atoms with E-state index in [2.05, 4.69) is 27.7 Å². The van der Waals surface area contributed by atoms with Crippen LogP contribution in [0.25, 0.3) is 0 Å². The van der Waals surface area contributed by atoms with E-state index in [4.69, 9.17) is 0 Å². The van der Waals surface area contributed by atoms with Crippen molar-refractivity contribution < 1.29 is 0 Å². The summed E-state index contributed by atoms with van der Waals surface area (Å²) in [7, 11) is 0. The predicted molar refractivity (Wildman–Crippen MR) is 46.3 cm³/mol. The minimum atomic E-state index is 0.833. The van der Waals surface area contributed by atoms with Gasteiger partial charge in [0.05, 0.1) is 0 Å². The Bertz CT molecular complexity index is 197. The number of hydrogen-bond acceptors (Lipinski definition) is 0. The first-order valence-corrected chi connectivity index (χ1v) is 5.06. The molecule has 50 valence electrons. The van der Waals surface area contributed by atoms with E-state index >= 15 is 0 Å². The van der Waals surface area contributed by atoms with Gasteiger partial charge in [0.15, 0.2) is 0 Å². The number of rotatable bonds is 0. The Labute approximate surface area is 80.8 Å². The Kier molecular flexibility index (Phi) is 2.44. The van der Waals surface area contributed by atoms with Crippen molar-refractivity contribution in [1.82, 2.24) is 0 Å². The molecule has 0 saturated heterocycles. The quantitative estimate of drug-likeness (QED) is 0.458. The Morgan fingerprint density at radius 3 is 1.30 bits per heavy atom. The molecule has 0 bridgehead atoms. The van der Waals surface area contributed by atoms with Gasteiger partial charge in [-0.3, -0.25) is 0 Å². The molecule has 0 saturated carbocycles. The Morgan fingerprint density at radius 2 is 1.20 bits per heavy atom. The molecule has 0 spiro atoms. The molecular weight excluding hydrogens is 131 g/mol. The molecule has 0 aromatic rings. The normalized spacial score (nSPS) is 21.4. The zero-order valence-electron chi connectivity index (χ0n) is 7.58. The molecular formula is C9H13Na. The Hall–Kier alpha value is 0.480. The second kappa shape index (κ2) is 2.84. The van der Waals surface area contributed by atoms with Crippen LogP contribution in [0.2, 0.25) is 3.17 Å². The first-order chi connectivity index (χ1) is 4.55. The number of hydrogen-bond donors (Lipinski definition) is 0. The molecule has 0 aromatic carbocycles. The Balaban J connectivity index is 3.09. The summed E-state index contributed by atoms with van der Waals surface area (Å²) >= 11 is 1.28. The van der Waals surface area contributed by atoms with E-state index in [-0.39, 0.29) is 0 Å². The summed E-state index contributed by atoms with van der Waals surface area (Å²) in [5.74, 6) is 0. The van der Waals surface area contributed by atoms with Crippen molar-refractivity contribution in [3.63, 3.8) is 0 Å². The van der Waals surface area contributed by atoms with Crippen LogP contribution in [0.3, 0.4) is 0 Å². The molecule has 0 amide bonds. The van der Waals surface area contributed by atoms with Crippen LogP contribution >= 0.6 is 0 Å². The van der Waals surface area contributed by atoms with Crippen LogP contribution in [0.4, 0.5) is 0 Å². The second-order valence-corrected chi connectivity index (χ2v) is 4.49. The third-order valence-corrected chi connectivity index (χ3v) is 4.78. The van der Waals surface area contributed by atoms with Crippen molar-refractivity contribution >= 4 is 27.9 Å². The third-order valence-electron chi connectivity index (χ3n) is 3.04. The van der Waals surface area contributed by atoms with Crippen LogP contribution in [-0.2, 0) is 0 Å². The standard InChI is InChI=1S/C9H13.Na/c1-6-5-7(2)9(4)8(6)3;/h5H,1-4H3;. The van der Waals surface area contributed by atoms with Crippen molar-refractivity contribution in [2.45, 2.75) is 30.9 Å². The fraction of sp³-hybridized carbons (Fsp3) is 0.556. The van der Waals surface area contributed by atoms with Gasteiger partial charge in [-0.15, -0.1) is 0 Å². The van der Waals surface area contributed by atoms with E-state index in [0.29, 0.717) is 0 Å². The monoisotopic (exact) mass is 144 g/mol.